The van der Waals surface area contributed by atoms with Gasteiger partial charge in [0.15, 0.2) is 11.5 Å². The Bertz CT molecular complexity index is 586. The van der Waals surface area contributed by atoms with Crippen LogP contribution >= 0.6 is 0 Å². The Balaban J connectivity index is 1.83. The molecule has 4 heteroatoms. The first kappa shape index (κ1) is 17.5. The molecule has 0 spiro atoms. The van der Waals surface area contributed by atoms with E-state index in [-0.39, 0.29) is 23.7 Å². The third-order valence-electron chi connectivity index (χ3n) is 5.25. The highest BCUT2D eigenvalue weighted by molar-refractivity contribution is 5.52. The second-order valence-corrected chi connectivity index (χ2v) is 7.08. The highest BCUT2D eigenvalue weighted by atomic mass is 19.2. The number of unbranched alkanes of at least 4 members (excludes halogenated alkanes) is 2. The molecule has 0 saturated heterocycles. The third-order valence-corrected chi connectivity index (χ3v) is 5.25. The molecule has 0 N–H and O–H groups in total. The fourth-order valence-electron chi connectivity index (χ4n) is 3.93. The van der Waals surface area contributed by atoms with Gasteiger partial charge in [0.25, 0.3) is 0 Å². The number of rotatable bonds is 6. The molecule has 0 unspecified atom stereocenters. The highest BCUT2D eigenvalue weighted by Gasteiger charge is 2.34. The highest BCUT2D eigenvalue weighted by Crippen LogP contribution is 2.44. The maximum Gasteiger partial charge on any atom is 0.204 e. The normalized spacial score (nSPS) is 22.3. The van der Waals surface area contributed by atoms with Gasteiger partial charge in [-0.05, 0) is 44.9 Å². The summed E-state index contributed by atoms with van der Waals surface area (Å²) in [6, 6.07) is 0. The third kappa shape index (κ3) is 3.38. The Morgan fingerprint density at radius 3 is 1.83 bits per heavy atom. The zero-order valence-electron chi connectivity index (χ0n) is 14.8. The topological polar surface area (TPSA) is 18.5 Å². The number of benzene rings is 1. The fourth-order valence-corrected chi connectivity index (χ4v) is 3.93. The lowest BCUT2D eigenvalue weighted by Gasteiger charge is -2.33. The first-order valence-corrected chi connectivity index (χ1v) is 9.51. The van der Waals surface area contributed by atoms with E-state index in [1.54, 1.807) is 0 Å². The van der Waals surface area contributed by atoms with Crippen LogP contribution in [0.2, 0.25) is 0 Å². The molecule has 2 aliphatic heterocycles. The van der Waals surface area contributed by atoms with E-state index in [0.29, 0.717) is 0 Å². The van der Waals surface area contributed by atoms with Gasteiger partial charge in [0.1, 0.15) is 0 Å². The van der Waals surface area contributed by atoms with Crippen molar-refractivity contribution in [3.05, 3.63) is 22.8 Å². The van der Waals surface area contributed by atoms with Crippen molar-refractivity contribution in [1.82, 2.24) is 0 Å². The summed E-state index contributed by atoms with van der Waals surface area (Å²) in [5.74, 6) is -1.43. The molecule has 2 heterocycles. The summed E-state index contributed by atoms with van der Waals surface area (Å²) in [5, 5.41) is 0. The van der Waals surface area contributed by atoms with E-state index in [4.69, 9.17) is 9.47 Å². The van der Waals surface area contributed by atoms with Crippen molar-refractivity contribution in [3.8, 4) is 11.5 Å². The van der Waals surface area contributed by atoms with Gasteiger partial charge in [-0.2, -0.15) is 8.78 Å². The minimum Gasteiger partial charge on any atom is -0.487 e. The predicted octanol–water partition coefficient (Wildman–Crippen LogP) is 5.73. The van der Waals surface area contributed by atoms with Gasteiger partial charge in [-0.1, -0.05) is 33.1 Å². The van der Waals surface area contributed by atoms with Crippen LogP contribution in [0.5, 0.6) is 11.5 Å². The zero-order valence-corrected chi connectivity index (χ0v) is 14.8. The molecule has 2 atom stereocenters. The molecule has 24 heavy (non-hydrogen) atoms. The second kappa shape index (κ2) is 7.71. The molecule has 0 fully saturated rings. The first-order chi connectivity index (χ1) is 11.7. The Hall–Kier alpha value is -1.32. The molecule has 0 radical (unpaired) electrons. The SMILES string of the molecule is CCCCC[C@H]1CCc2c3c(c(F)c(F)c2O1)O[C@@H](CCC)CC3. The molecule has 0 aromatic heterocycles. The van der Waals surface area contributed by atoms with E-state index in [0.717, 1.165) is 75.3 Å². The zero-order chi connectivity index (χ0) is 17.1. The Morgan fingerprint density at radius 2 is 1.33 bits per heavy atom. The average molecular weight is 338 g/mol. The van der Waals surface area contributed by atoms with Crippen LogP contribution in [0, 0.1) is 11.6 Å². The van der Waals surface area contributed by atoms with Gasteiger partial charge in [-0.15, -0.1) is 0 Å². The van der Waals surface area contributed by atoms with Crippen LogP contribution in [0.25, 0.3) is 0 Å². The van der Waals surface area contributed by atoms with Crippen LogP contribution in [0.1, 0.15) is 76.3 Å². The van der Waals surface area contributed by atoms with Crippen LogP contribution in [0.15, 0.2) is 0 Å². The van der Waals surface area contributed by atoms with Gasteiger partial charge in [-0.3, -0.25) is 0 Å². The smallest absolute Gasteiger partial charge is 0.204 e. The van der Waals surface area contributed by atoms with E-state index in [1.807, 2.05) is 0 Å². The van der Waals surface area contributed by atoms with E-state index < -0.39 is 11.6 Å². The van der Waals surface area contributed by atoms with Crippen molar-refractivity contribution in [1.29, 1.82) is 0 Å². The largest absolute Gasteiger partial charge is 0.487 e. The standard InChI is InChI=1S/C20H28F2O2/c1-3-5-6-8-14-10-12-16-15-11-9-13(7-4-2)23-19(15)17(21)18(22)20(16)24-14/h13-14H,3-12H2,1-2H3/t13-,14-/m0/s1. The van der Waals surface area contributed by atoms with Crippen LogP contribution < -0.4 is 9.47 Å². The fraction of sp³-hybridized carbons (Fsp3) is 0.700. The number of halogens is 2. The summed E-state index contributed by atoms with van der Waals surface area (Å²) in [4.78, 5) is 0. The average Bonchev–Trinajstić information content (AvgIpc) is 2.60. The molecule has 0 saturated carbocycles. The molecular formula is C20H28F2O2. The Morgan fingerprint density at radius 1 is 0.792 bits per heavy atom. The lowest BCUT2D eigenvalue weighted by Crippen LogP contribution is -2.29. The predicted molar refractivity (Wildman–Crippen MR) is 90.9 cm³/mol. The van der Waals surface area contributed by atoms with Crippen LogP contribution in [0.4, 0.5) is 8.78 Å². The van der Waals surface area contributed by atoms with E-state index in [9.17, 15) is 8.78 Å². The summed E-state index contributed by atoms with van der Waals surface area (Å²) < 4.78 is 40.8. The lowest BCUT2D eigenvalue weighted by atomic mass is 9.89. The van der Waals surface area contributed by atoms with Crippen molar-refractivity contribution >= 4 is 0 Å². The Kier molecular flexibility index (Phi) is 5.62. The molecule has 1 aromatic carbocycles. The van der Waals surface area contributed by atoms with Gasteiger partial charge < -0.3 is 9.47 Å². The molecule has 3 rings (SSSR count). The molecule has 0 aliphatic carbocycles. The van der Waals surface area contributed by atoms with Crippen LogP contribution in [-0.2, 0) is 12.8 Å². The maximum atomic E-state index is 14.6. The van der Waals surface area contributed by atoms with Gasteiger partial charge in [0, 0.05) is 11.1 Å². The molecule has 134 valence electrons. The van der Waals surface area contributed by atoms with Gasteiger partial charge in [-0.25, -0.2) is 0 Å². The van der Waals surface area contributed by atoms with Crippen molar-refractivity contribution in [2.75, 3.05) is 0 Å². The van der Waals surface area contributed by atoms with Gasteiger partial charge in [0.2, 0.25) is 11.6 Å². The molecular weight excluding hydrogens is 310 g/mol. The minimum atomic E-state index is -0.862. The number of ether oxygens (including phenoxy) is 2. The molecule has 0 amide bonds. The number of hydrogen-bond acceptors (Lipinski definition) is 2. The van der Waals surface area contributed by atoms with Crippen molar-refractivity contribution in [3.63, 3.8) is 0 Å². The Labute approximate surface area is 143 Å². The molecule has 2 nitrogen and oxygen atoms in total. The maximum absolute atomic E-state index is 14.6. The summed E-state index contributed by atoms with van der Waals surface area (Å²) in [6.07, 6.45) is 9.44. The number of hydrogen-bond donors (Lipinski definition) is 0. The van der Waals surface area contributed by atoms with E-state index in [1.165, 1.54) is 0 Å². The molecule has 1 aromatic rings. The van der Waals surface area contributed by atoms with E-state index >= 15 is 0 Å². The molecule has 0 bridgehead atoms. The minimum absolute atomic E-state index is 0.000696. The van der Waals surface area contributed by atoms with Crippen molar-refractivity contribution < 1.29 is 18.3 Å². The van der Waals surface area contributed by atoms with Crippen molar-refractivity contribution in [2.45, 2.75) is 90.3 Å². The summed E-state index contributed by atoms with van der Waals surface area (Å²) in [7, 11) is 0. The van der Waals surface area contributed by atoms with E-state index in [2.05, 4.69) is 13.8 Å². The van der Waals surface area contributed by atoms with Crippen molar-refractivity contribution in [2.24, 2.45) is 0 Å². The summed E-state index contributed by atoms with van der Waals surface area (Å²) in [5.41, 5.74) is 1.67. The summed E-state index contributed by atoms with van der Waals surface area (Å²) in [6.45, 7) is 4.24. The first-order valence-electron chi connectivity index (χ1n) is 9.51. The monoisotopic (exact) mass is 338 g/mol. The van der Waals surface area contributed by atoms with Gasteiger partial charge >= 0.3 is 0 Å². The molecule has 2 aliphatic rings. The van der Waals surface area contributed by atoms with Gasteiger partial charge in [0.05, 0.1) is 12.2 Å². The number of fused-ring (bicyclic) bond motifs is 3. The van der Waals surface area contributed by atoms with Crippen LogP contribution in [0.3, 0.4) is 0 Å². The second-order valence-electron chi connectivity index (χ2n) is 7.08. The lowest BCUT2D eigenvalue weighted by molar-refractivity contribution is 0.134. The quantitative estimate of drug-likeness (QED) is 0.616. The van der Waals surface area contributed by atoms with Crippen LogP contribution in [-0.4, -0.2) is 12.2 Å². The summed E-state index contributed by atoms with van der Waals surface area (Å²) >= 11 is 0.